The second-order valence-electron chi connectivity index (χ2n) is 7.16. The van der Waals surface area contributed by atoms with Crippen LogP contribution in [0.25, 0.3) is 0 Å². The largest absolute Gasteiger partial charge is 0.569 e. The number of likely N-dealkylation sites (tertiary alicyclic amines) is 1. The molecule has 0 radical (unpaired) electrons. The topological polar surface area (TPSA) is 54.1 Å². The Morgan fingerprint density at radius 2 is 1.84 bits per heavy atom. The van der Waals surface area contributed by atoms with Crippen LogP contribution in [0.15, 0.2) is 5.28 Å². The van der Waals surface area contributed by atoms with Gasteiger partial charge in [-0.2, -0.15) is 0 Å². The van der Waals surface area contributed by atoms with Crippen molar-refractivity contribution in [3.05, 3.63) is 5.21 Å². The Kier molecular flexibility index (Phi) is 4.66. The molecule has 6 heteroatoms. The second-order valence-corrected chi connectivity index (χ2v) is 7.16. The number of nitrogens with zero attached hydrogens (tertiary/aromatic N) is 4. The molecule has 0 amide bonds. The first kappa shape index (κ1) is 16.0. The summed E-state index contributed by atoms with van der Waals surface area (Å²) in [7, 11) is 1.70. The molecule has 0 aromatic heterocycles. The Labute approximate surface area is 116 Å². The minimum atomic E-state index is -0.276. The summed E-state index contributed by atoms with van der Waals surface area (Å²) in [4.78, 5) is 8.23. The summed E-state index contributed by atoms with van der Waals surface area (Å²) in [5.74, 6) is 0. The molecule has 1 fully saturated rings. The van der Waals surface area contributed by atoms with Crippen LogP contribution in [0.2, 0.25) is 0 Å². The molecule has 0 aromatic rings. The molecule has 1 aliphatic heterocycles. The number of hydrogen-bond acceptors (Lipinski definition) is 4. The number of hydrogen-bond donors (Lipinski definition) is 0. The normalized spacial score (nSPS) is 22.7. The van der Waals surface area contributed by atoms with Gasteiger partial charge in [0.15, 0.2) is 0 Å². The van der Waals surface area contributed by atoms with Gasteiger partial charge in [-0.1, -0.05) is 0 Å². The molecule has 1 saturated heterocycles. The van der Waals surface area contributed by atoms with Crippen molar-refractivity contribution in [1.82, 2.24) is 9.91 Å². The van der Waals surface area contributed by atoms with Crippen LogP contribution in [0.5, 0.6) is 0 Å². The predicted molar refractivity (Wildman–Crippen MR) is 74.4 cm³/mol. The van der Waals surface area contributed by atoms with Crippen molar-refractivity contribution in [1.29, 1.82) is 0 Å². The molecule has 0 N–H and O–H groups in total. The van der Waals surface area contributed by atoms with E-state index in [2.05, 4.69) is 30.9 Å². The highest BCUT2D eigenvalue weighted by molar-refractivity contribution is 4.84. The Morgan fingerprint density at radius 3 is 2.26 bits per heavy atom. The van der Waals surface area contributed by atoms with Crippen LogP contribution in [0.3, 0.4) is 0 Å². The molecule has 0 unspecified atom stereocenters. The predicted octanol–water partition coefficient (Wildman–Crippen LogP) is 2.40. The summed E-state index contributed by atoms with van der Waals surface area (Å²) in [5, 5.41) is 16.9. The third-order valence-corrected chi connectivity index (χ3v) is 3.59. The van der Waals surface area contributed by atoms with Gasteiger partial charge in [-0.15, -0.1) is 5.01 Å². The van der Waals surface area contributed by atoms with Crippen molar-refractivity contribution in [3.8, 4) is 0 Å². The maximum absolute atomic E-state index is 11.8. The molecule has 1 rings (SSSR count). The molecule has 0 aliphatic carbocycles. The molecule has 0 aromatic carbocycles. The monoisotopic (exact) mass is 272 g/mol. The molecule has 112 valence electrons. The van der Waals surface area contributed by atoms with Gasteiger partial charge < -0.3 is 10.0 Å². The van der Waals surface area contributed by atoms with Gasteiger partial charge in [0.25, 0.3) is 0 Å². The maximum atomic E-state index is 11.8. The first-order valence-corrected chi connectivity index (χ1v) is 6.84. The van der Waals surface area contributed by atoms with E-state index in [1.54, 1.807) is 7.05 Å². The molecular formula is C13H28N4O2. The average molecular weight is 272 g/mol. The van der Waals surface area contributed by atoms with Gasteiger partial charge >= 0.3 is 0 Å². The Bertz CT molecular complexity index is 331. The summed E-state index contributed by atoms with van der Waals surface area (Å²) in [5.41, 5.74) is -0.140. The lowest BCUT2D eigenvalue weighted by Crippen LogP contribution is -2.43. The maximum Gasteiger partial charge on any atom is 0.233 e. The third-order valence-electron chi connectivity index (χ3n) is 3.59. The fourth-order valence-electron chi connectivity index (χ4n) is 1.84. The highest BCUT2D eigenvalue weighted by Crippen LogP contribution is 2.22. The Morgan fingerprint density at radius 1 is 1.26 bits per heavy atom. The van der Waals surface area contributed by atoms with Crippen molar-refractivity contribution in [3.63, 3.8) is 0 Å². The zero-order valence-corrected chi connectivity index (χ0v) is 13.3. The number of rotatable bonds is 3. The van der Waals surface area contributed by atoms with E-state index in [9.17, 15) is 5.21 Å². The minimum Gasteiger partial charge on any atom is -0.569 e. The zero-order chi connectivity index (χ0) is 14.8. The Balaban J connectivity index is 2.50. The molecular weight excluding hydrogens is 244 g/mol. The van der Waals surface area contributed by atoms with Crippen molar-refractivity contribution < 1.29 is 9.81 Å². The quantitative estimate of drug-likeness (QED) is 0.450. The molecule has 1 heterocycles. The first-order valence-electron chi connectivity index (χ1n) is 6.84. The van der Waals surface area contributed by atoms with E-state index in [0.29, 0.717) is 4.97 Å². The van der Waals surface area contributed by atoms with Gasteiger partial charge in [0, 0.05) is 25.0 Å². The van der Waals surface area contributed by atoms with Gasteiger partial charge in [-0.05, 0) is 41.5 Å². The number of hydrazine groups is 1. The van der Waals surface area contributed by atoms with Crippen LogP contribution < -0.4 is 0 Å². The summed E-state index contributed by atoms with van der Waals surface area (Å²) >= 11 is 0. The molecule has 1 atom stereocenters. The van der Waals surface area contributed by atoms with Crippen LogP contribution in [-0.2, 0) is 4.84 Å². The van der Waals surface area contributed by atoms with E-state index in [4.69, 9.17) is 4.84 Å². The second kappa shape index (κ2) is 5.53. The standard InChI is InChI=1S/C13H28N4O2/c1-12(2,3)15(7)17(18)14-19-11-8-9-16(10-11)13(4,5)6/h11H,8-10H2,1-7H3/b17-14-/t11-/m1/s1. The van der Waals surface area contributed by atoms with Crippen LogP contribution in [0.4, 0.5) is 0 Å². The lowest BCUT2D eigenvalue weighted by Gasteiger charge is -2.31. The molecule has 1 aliphatic rings. The van der Waals surface area contributed by atoms with E-state index in [1.165, 1.54) is 5.01 Å². The van der Waals surface area contributed by atoms with Gasteiger partial charge in [0.1, 0.15) is 6.10 Å². The minimum absolute atomic E-state index is 0.00374. The molecule has 6 nitrogen and oxygen atoms in total. The van der Waals surface area contributed by atoms with Gasteiger partial charge in [-0.25, -0.2) is 0 Å². The highest BCUT2D eigenvalue weighted by atomic mass is 16.7. The van der Waals surface area contributed by atoms with Crippen LogP contribution in [-0.4, -0.2) is 52.2 Å². The van der Waals surface area contributed by atoms with E-state index in [0.717, 1.165) is 19.5 Å². The first-order chi connectivity index (χ1) is 8.51. The molecule has 0 spiro atoms. The van der Waals surface area contributed by atoms with Gasteiger partial charge in [-0.3, -0.25) is 4.90 Å². The van der Waals surface area contributed by atoms with E-state index in [1.807, 2.05) is 20.8 Å². The van der Waals surface area contributed by atoms with E-state index < -0.39 is 0 Å². The van der Waals surface area contributed by atoms with Crippen molar-refractivity contribution in [2.75, 3.05) is 20.1 Å². The molecule has 0 saturated carbocycles. The van der Waals surface area contributed by atoms with Crippen LogP contribution >= 0.6 is 0 Å². The van der Waals surface area contributed by atoms with Crippen molar-refractivity contribution in [2.24, 2.45) is 5.28 Å². The third kappa shape index (κ3) is 4.53. The smallest absolute Gasteiger partial charge is 0.233 e. The van der Waals surface area contributed by atoms with Crippen LogP contribution in [0, 0.1) is 5.21 Å². The van der Waals surface area contributed by atoms with E-state index >= 15 is 0 Å². The Hall–Kier alpha value is -1.04. The molecule has 0 bridgehead atoms. The van der Waals surface area contributed by atoms with Crippen molar-refractivity contribution >= 4 is 0 Å². The van der Waals surface area contributed by atoms with Crippen LogP contribution in [0.1, 0.15) is 48.0 Å². The fourth-order valence-corrected chi connectivity index (χ4v) is 1.84. The average Bonchev–Trinajstić information content (AvgIpc) is 2.71. The lowest BCUT2D eigenvalue weighted by molar-refractivity contribution is -0.720. The van der Waals surface area contributed by atoms with Gasteiger partial charge in [0.2, 0.25) is 5.28 Å². The lowest BCUT2D eigenvalue weighted by atomic mass is 10.1. The van der Waals surface area contributed by atoms with Gasteiger partial charge in [0.05, 0.1) is 17.6 Å². The highest BCUT2D eigenvalue weighted by Gasteiger charge is 2.32. The fraction of sp³-hybridized carbons (Fsp3) is 1.00. The summed E-state index contributed by atoms with van der Waals surface area (Å²) in [6.45, 7) is 14.2. The summed E-state index contributed by atoms with van der Waals surface area (Å²) in [6, 6.07) is 0. The zero-order valence-electron chi connectivity index (χ0n) is 13.3. The summed E-state index contributed by atoms with van der Waals surface area (Å²) < 4.78 is 0. The van der Waals surface area contributed by atoms with E-state index in [-0.39, 0.29) is 17.2 Å². The van der Waals surface area contributed by atoms with Crippen molar-refractivity contribution in [2.45, 2.75) is 65.1 Å². The SMILES string of the molecule is CN(/[N+]([O-])=N/O[C@@H]1CCN(C(C)(C)C)C1)C(C)(C)C. The summed E-state index contributed by atoms with van der Waals surface area (Å²) in [6.07, 6.45) is 0.914. The molecule has 19 heavy (non-hydrogen) atoms.